The van der Waals surface area contributed by atoms with Crippen molar-refractivity contribution < 1.29 is 13.2 Å². The zero-order valence-corrected chi connectivity index (χ0v) is 13.8. The molecule has 0 unspecified atom stereocenters. The smallest absolute Gasteiger partial charge is 0.241 e. The van der Waals surface area contributed by atoms with Crippen LogP contribution in [0, 0.1) is 0 Å². The first kappa shape index (κ1) is 15.9. The predicted molar refractivity (Wildman–Crippen MR) is 88.9 cm³/mol. The number of carbonyl (C=O) groups is 1. The zero-order chi connectivity index (χ0) is 16.4. The van der Waals surface area contributed by atoms with Crippen molar-refractivity contribution in [3.05, 3.63) is 65.2 Å². The lowest BCUT2D eigenvalue weighted by molar-refractivity contribution is 0.101. The maximum atomic E-state index is 12.6. The van der Waals surface area contributed by atoms with Crippen LogP contribution in [0.4, 0.5) is 0 Å². The van der Waals surface area contributed by atoms with Crippen molar-refractivity contribution in [3.63, 3.8) is 0 Å². The average Bonchev–Trinajstić information content (AvgIpc) is 2.55. The molecule has 0 spiro atoms. The molecule has 0 saturated heterocycles. The Labute approximate surface area is 136 Å². The van der Waals surface area contributed by atoms with Gasteiger partial charge >= 0.3 is 0 Å². The fourth-order valence-corrected chi connectivity index (χ4v) is 4.25. The summed E-state index contributed by atoms with van der Waals surface area (Å²) >= 11 is 0. The van der Waals surface area contributed by atoms with Crippen molar-refractivity contribution in [1.82, 2.24) is 4.72 Å². The maximum absolute atomic E-state index is 12.6. The van der Waals surface area contributed by atoms with E-state index in [9.17, 15) is 13.2 Å². The van der Waals surface area contributed by atoms with E-state index in [2.05, 4.69) is 10.8 Å². The van der Waals surface area contributed by atoms with Gasteiger partial charge in [-0.2, -0.15) is 0 Å². The minimum atomic E-state index is -3.61. The van der Waals surface area contributed by atoms with Crippen molar-refractivity contribution in [3.8, 4) is 0 Å². The Bertz CT molecular complexity index is 826. The molecule has 0 aromatic heterocycles. The lowest BCUT2D eigenvalue weighted by Gasteiger charge is -2.26. The summed E-state index contributed by atoms with van der Waals surface area (Å²) in [5.41, 5.74) is 2.77. The highest BCUT2D eigenvalue weighted by atomic mass is 32.2. The van der Waals surface area contributed by atoms with Crippen LogP contribution >= 0.6 is 0 Å². The van der Waals surface area contributed by atoms with Gasteiger partial charge in [0.25, 0.3) is 0 Å². The summed E-state index contributed by atoms with van der Waals surface area (Å²) in [4.78, 5) is 11.5. The minimum absolute atomic E-state index is 0.0804. The second-order valence-corrected chi connectivity index (χ2v) is 7.56. The van der Waals surface area contributed by atoms with Gasteiger partial charge in [-0.25, -0.2) is 13.1 Å². The Balaban J connectivity index is 1.86. The van der Waals surface area contributed by atoms with Crippen LogP contribution in [-0.4, -0.2) is 14.2 Å². The largest absolute Gasteiger partial charge is 0.295 e. The van der Waals surface area contributed by atoms with Gasteiger partial charge in [-0.3, -0.25) is 4.79 Å². The summed E-state index contributed by atoms with van der Waals surface area (Å²) in [7, 11) is -3.61. The number of Topliss-reactive ketones (excluding diaryl/α,β-unsaturated/α-hetero) is 1. The molecule has 0 radical (unpaired) electrons. The van der Waals surface area contributed by atoms with E-state index in [1.54, 1.807) is 12.1 Å². The Hall–Kier alpha value is -1.98. The molecule has 120 valence electrons. The normalized spacial score (nSPS) is 17.5. The second kappa shape index (κ2) is 6.26. The van der Waals surface area contributed by atoms with E-state index in [0.717, 1.165) is 24.8 Å². The summed E-state index contributed by atoms with van der Waals surface area (Å²) in [5, 5.41) is 0. The highest BCUT2D eigenvalue weighted by Gasteiger charge is 2.25. The number of fused-ring (bicyclic) bond motifs is 1. The molecule has 3 rings (SSSR count). The molecule has 0 saturated carbocycles. The quantitative estimate of drug-likeness (QED) is 0.876. The summed E-state index contributed by atoms with van der Waals surface area (Å²) in [6.45, 7) is 1.46. The number of hydrogen-bond acceptors (Lipinski definition) is 3. The van der Waals surface area contributed by atoms with Crippen LogP contribution < -0.4 is 4.72 Å². The molecular formula is C18H19NO3S. The van der Waals surface area contributed by atoms with Gasteiger partial charge in [0.15, 0.2) is 5.78 Å². The predicted octanol–water partition coefficient (Wildman–Crippen LogP) is 3.25. The van der Waals surface area contributed by atoms with Crippen LogP contribution in [0.3, 0.4) is 0 Å². The molecule has 4 nitrogen and oxygen atoms in total. The van der Waals surface area contributed by atoms with Crippen molar-refractivity contribution in [1.29, 1.82) is 0 Å². The first-order valence-electron chi connectivity index (χ1n) is 7.68. The lowest BCUT2D eigenvalue weighted by Crippen LogP contribution is -2.31. The Morgan fingerprint density at radius 1 is 1.09 bits per heavy atom. The molecule has 1 N–H and O–H groups in total. The van der Waals surface area contributed by atoms with E-state index >= 15 is 0 Å². The molecule has 1 atom stereocenters. The topological polar surface area (TPSA) is 63.2 Å². The minimum Gasteiger partial charge on any atom is -0.295 e. The molecular weight excluding hydrogens is 310 g/mol. The molecule has 0 fully saturated rings. The Morgan fingerprint density at radius 2 is 1.78 bits per heavy atom. The Morgan fingerprint density at radius 3 is 2.48 bits per heavy atom. The molecule has 0 amide bonds. The van der Waals surface area contributed by atoms with E-state index in [0.29, 0.717) is 5.56 Å². The van der Waals surface area contributed by atoms with Gasteiger partial charge in [0.05, 0.1) is 4.90 Å². The van der Waals surface area contributed by atoms with E-state index in [1.165, 1.54) is 24.6 Å². The van der Waals surface area contributed by atoms with Gasteiger partial charge in [0.2, 0.25) is 10.0 Å². The second-order valence-electron chi connectivity index (χ2n) is 5.85. The summed E-state index contributed by atoms with van der Waals surface area (Å²) in [5.74, 6) is -0.0804. The number of ketones is 1. The van der Waals surface area contributed by atoms with E-state index in [4.69, 9.17) is 0 Å². The van der Waals surface area contributed by atoms with Gasteiger partial charge in [-0.15, -0.1) is 0 Å². The monoisotopic (exact) mass is 329 g/mol. The highest BCUT2D eigenvalue weighted by molar-refractivity contribution is 7.89. The van der Waals surface area contributed by atoms with Crippen molar-refractivity contribution in [2.24, 2.45) is 0 Å². The lowest BCUT2D eigenvalue weighted by atomic mass is 9.88. The van der Waals surface area contributed by atoms with Gasteiger partial charge in [0.1, 0.15) is 0 Å². The van der Waals surface area contributed by atoms with Crippen LogP contribution in [0.15, 0.2) is 53.4 Å². The maximum Gasteiger partial charge on any atom is 0.241 e. The molecule has 2 aromatic carbocycles. The van der Waals surface area contributed by atoms with Crippen molar-refractivity contribution >= 4 is 15.8 Å². The van der Waals surface area contributed by atoms with Gasteiger partial charge < -0.3 is 0 Å². The zero-order valence-electron chi connectivity index (χ0n) is 13.0. The van der Waals surface area contributed by atoms with Crippen LogP contribution in [0.1, 0.15) is 47.3 Å². The van der Waals surface area contributed by atoms with Crippen LogP contribution in [0.5, 0.6) is 0 Å². The third kappa shape index (κ3) is 3.35. The molecule has 23 heavy (non-hydrogen) atoms. The number of benzene rings is 2. The van der Waals surface area contributed by atoms with E-state index < -0.39 is 10.0 Å². The summed E-state index contributed by atoms with van der Waals surface area (Å²) < 4.78 is 28.0. The number of sulfonamides is 1. The van der Waals surface area contributed by atoms with Crippen LogP contribution in [-0.2, 0) is 16.4 Å². The SMILES string of the molecule is CC(=O)c1ccc(S(=O)(=O)N[C@@H]2CCCc3ccccc32)cc1. The third-order valence-corrected chi connectivity index (χ3v) is 5.73. The first-order chi connectivity index (χ1) is 11.0. The van der Waals surface area contributed by atoms with Gasteiger partial charge in [-0.05, 0) is 49.4 Å². The molecule has 0 bridgehead atoms. The van der Waals surface area contributed by atoms with Crippen LogP contribution in [0.25, 0.3) is 0 Å². The highest BCUT2D eigenvalue weighted by Crippen LogP contribution is 2.30. The number of aryl methyl sites for hydroxylation is 1. The number of carbonyl (C=O) groups excluding carboxylic acids is 1. The van der Waals surface area contributed by atoms with Gasteiger partial charge in [-0.1, -0.05) is 36.4 Å². The van der Waals surface area contributed by atoms with Crippen molar-refractivity contribution in [2.75, 3.05) is 0 Å². The third-order valence-electron chi connectivity index (χ3n) is 4.24. The molecule has 2 aromatic rings. The fourth-order valence-electron chi connectivity index (χ4n) is 3.00. The molecule has 0 aliphatic heterocycles. The van der Waals surface area contributed by atoms with Gasteiger partial charge in [0, 0.05) is 11.6 Å². The number of hydrogen-bond donors (Lipinski definition) is 1. The average molecular weight is 329 g/mol. The number of rotatable bonds is 4. The molecule has 5 heteroatoms. The molecule has 1 aliphatic rings. The summed E-state index contributed by atoms with van der Waals surface area (Å²) in [6.07, 6.45) is 2.75. The molecule has 1 aliphatic carbocycles. The van der Waals surface area contributed by atoms with Crippen molar-refractivity contribution in [2.45, 2.75) is 37.1 Å². The van der Waals surface area contributed by atoms with Crippen LogP contribution in [0.2, 0.25) is 0 Å². The van der Waals surface area contributed by atoms with E-state index in [1.807, 2.05) is 18.2 Å². The fraction of sp³-hybridized carbons (Fsp3) is 0.278. The van der Waals surface area contributed by atoms with E-state index in [-0.39, 0.29) is 16.7 Å². The summed E-state index contributed by atoms with van der Waals surface area (Å²) in [6, 6.07) is 13.8. The molecule has 0 heterocycles. The number of nitrogens with one attached hydrogen (secondary N) is 1. The standard InChI is InChI=1S/C18H19NO3S/c1-13(20)14-9-11-16(12-10-14)23(21,22)19-18-8-4-6-15-5-2-3-7-17(15)18/h2-3,5,7,9-12,18-19H,4,6,8H2,1H3/t18-/m1/s1. The first-order valence-corrected chi connectivity index (χ1v) is 9.17. The Kier molecular flexibility index (Phi) is 4.33.